The maximum absolute atomic E-state index is 12.7. The Morgan fingerprint density at radius 3 is 2.72 bits per heavy atom. The zero-order valence-electron chi connectivity index (χ0n) is 14.5. The van der Waals surface area contributed by atoms with Crippen LogP contribution in [0.25, 0.3) is 0 Å². The van der Waals surface area contributed by atoms with Crippen molar-refractivity contribution in [3.05, 3.63) is 17.7 Å². The monoisotopic (exact) mass is 367 g/mol. The van der Waals surface area contributed by atoms with E-state index in [4.69, 9.17) is 0 Å². The van der Waals surface area contributed by atoms with Crippen LogP contribution in [0.2, 0.25) is 0 Å². The summed E-state index contributed by atoms with van der Waals surface area (Å²) in [7, 11) is -3.34. The first-order chi connectivity index (χ1) is 11.9. The van der Waals surface area contributed by atoms with Crippen molar-refractivity contribution >= 4 is 15.9 Å². The topological polar surface area (TPSA) is 98.4 Å². The molecule has 1 spiro atoms. The Morgan fingerprint density at radius 2 is 2.08 bits per heavy atom. The second-order valence-electron chi connectivity index (χ2n) is 7.32. The van der Waals surface area contributed by atoms with Crippen LogP contribution in [0.5, 0.6) is 0 Å². The Labute approximate surface area is 148 Å². The van der Waals surface area contributed by atoms with E-state index in [0.29, 0.717) is 38.9 Å². The van der Waals surface area contributed by atoms with Crippen molar-refractivity contribution < 1.29 is 13.2 Å². The molecule has 1 aromatic rings. The number of hydrogen-bond donors (Lipinski definition) is 2. The van der Waals surface area contributed by atoms with Crippen LogP contribution in [0.15, 0.2) is 6.33 Å². The van der Waals surface area contributed by atoms with Gasteiger partial charge in [-0.05, 0) is 32.2 Å². The van der Waals surface area contributed by atoms with Gasteiger partial charge in [-0.15, -0.1) is 0 Å². The molecule has 1 aromatic heterocycles. The number of aromatic amines is 1. The Bertz CT molecular complexity index is 760. The number of rotatable bonds is 2. The molecule has 1 amide bonds. The van der Waals surface area contributed by atoms with Crippen molar-refractivity contribution in [1.82, 2.24) is 24.5 Å². The Balaban J connectivity index is 1.59. The molecule has 0 aromatic carbocycles. The number of H-pyrrole nitrogens is 1. The molecular weight excluding hydrogens is 342 g/mol. The number of likely N-dealkylation sites (tertiary alicyclic amines) is 1. The van der Waals surface area contributed by atoms with Crippen LogP contribution in [-0.2, 0) is 26.8 Å². The predicted octanol–water partition coefficient (Wildman–Crippen LogP) is -0.203. The van der Waals surface area contributed by atoms with Crippen LogP contribution < -0.4 is 5.32 Å². The van der Waals surface area contributed by atoms with Crippen LogP contribution in [-0.4, -0.2) is 72.0 Å². The highest BCUT2D eigenvalue weighted by Crippen LogP contribution is 2.43. The third kappa shape index (κ3) is 2.78. The molecule has 2 N–H and O–H groups in total. The second-order valence-corrected chi connectivity index (χ2v) is 9.23. The molecule has 4 rings (SSSR count). The van der Waals surface area contributed by atoms with Crippen molar-refractivity contribution in [2.75, 3.05) is 32.4 Å². The first kappa shape index (κ1) is 17.0. The van der Waals surface area contributed by atoms with Crippen molar-refractivity contribution in [2.24, 2.45) is 0 Å². The van der Waals surface area contributed by atoms with Crippen molar-refractivity contribution in [3.63, 3.8) is 0 Å². The van der Waals surface area contributed by atoms with Gasteiger partial charge in [-0.1, -0.05) is 0 Å². The van der Waals surface area contributed by atoms with Gasteiger partial charge in [0.25, 0.3) is 0 Å². The van der Waals surface area contributed by atoms with E-state index in [1.807, 2.05) is 4.90 Å². The molecule has 0 unspecified atom stereocenters. The highest BCUT2D eigenvalue weighted by Gasteiger charge is 2.51. The molecule has 8 nitrogen and oxygen atoms in total. The number of hydrogen-bond acceptors (Lipinski definition) is 5. The van der Waals surface area contributed by atoms with E-state index < -0.39 is 15.6 Å². The molecule has 1 atom stereocenters. The van der Waals surface area contributed by atoms with Crippen LogP contribution >= 0.6 is 0 Å². The quantitative estimate of drug-likeness (QED) is 0.754. The van der Waals surface area contributed by atoms with Gasteiger partial charge in [-0.2, -0.15) is 4.31 Å². The van der Waals surface area contributed by atoms with Gasteiger partial charge in [0.2, 0.25) is 15.9 Å². The summed E-state index contributed by atoms with van der Waals surface area (Å²) in [5.74, 6) is 0.149. The summed E-state index contributed by atoms with van der Waals surface area (Å²) in [5, 5.41) is 3.25. The van der Waals surface area contributed by atoms with Crippen LogP contribution in [0, 0.1) is 0 Å². The Hall–Kier alpha value is -1.45. The van der Waals surface area contributed by atoms with Crippen LogP contribution in [0.1, 0.15) is 37.1 Å². The smallest absolute Gasteiger partial charge is 0.239 e. The molecule has 3 aliphatic rings. The fraction of sp³-hybridized carbons (Fsp3) is 0.750. The lowest BCUT2D eigenvalue weighted by Gasteiger charge is -2.49. The zero-order chi connectivity index (χ0) is 17.7. The average molecular weight is 367 g/mol. The molecule has 138 valence electrons. The van der Waals surface area contributed by atoms with Gasteiger partial charge in [-0.25, -0.2) is 13.4 Å². The number of fused-ring (bicyclic) bond motifs is 2. The van der Waals surface area contributed by atoms with Gasteiger partial charge in [-0.3, -0.25) is 4.79 Å². The van der Waals surface area contributed by atoms with Gasteiger partial charge in [0.05, 0.1) is 29.9 Å². The maximum Gasteiger partial charge on any atom is 0.239 e. The van der Waals surface area contributed by atoms with E-state index >= 15 is 0 Å². The highest BCUT2D eigenvalue weighted by atomic mass is 32.2. The van der Waals surface area contributed by atoms with Gasteiger partial charge in [0, 0.05) is 31.7 Å². The second kappa shape index (κ2) is 6.07. The van der Waals surface area contributed by atoms with E-state index in [0.717, 1.165) is 30.8 Å². The summed E-state index contributed by atoms with van der Waals surface area (Å²) in [6, 6.07) is -0.0765. The molecule has 0 saturated carbocycles. The lowest BCUT2D eigenvalue weighted by atomic mass is 9.80. The highest BCUT2D eigenvalue weighted by molar-refractivity contribution is 7.88. The van der Waals surface area contributed by atoms with Crippen molar-refractivity contribution in [3.8, 4) is 0 Å². The normalized spacial score (nSPS) is 26.8. The third-order valence-corrected chi connectivity index (χ3v) is 7.20. The minimum absolute atomic E-state index is 0.0765. The molecular formula is C16H25N5O3S. The summed E-state index contributed by atoms with van der Waals surface area (Å²) in [4.78, 5) is 22.2. The summed E-state index contributed by atoms with van der Waals surface area (Å²) in [6.07, 6.45) is 6.68. The average Bonchev–Trinajstić information content (AvgIpc) is 3.26. The van der Waals surface area contributed by atoms with E-state index in [9.17, 15) is 13.2 Å². The first-order valence-corrected chi connectivity index (χ1v) is 10.8. The first-order valence-electron chi connectivity index (χ1n) is 8.94. The summed E-state index contributed by atoms with van der Waals surface area (Å²) < 4.78 is 26.4. The van der Waals surface area contributed by atoms with Gasteiger partial charge in [0.1, 0.15) is 0 Å². The van der Waals surface area contributed by atoms with Gasteiger partial charge in [0.15, 0.2) is 0 Å². The summed E-state index contributed by atoms with van der Waals surface area (Å²) >= 11 is 0. The predicted molar refractivity (Wildman–Crippen MR) is 92.4 cm³/mol. The van der Waals surface area contributed by atoms with Crippen molar-refractivity contribution in [1.29, 1.82) is 0 Å². The molecule has 0 radical (unpaired) electrons. The van der Waals surface area contributed by atoms with Gasteiger partial charge >= 0.3 is 0 Å². The number of carbonyl (C=O) groups excluding carboxylic acids is 1. The maximum atomic E-state index is 12.7. The third-order valence-electron chi connectivity index (χ3n) is 5.86. The number of carbonyl (C=O) groups is 1. The molecule has 0 aliphatic carbocycles. The fourth-order valence-electron chi connectivity index (χ4n) is 4.64. The molecule has 0 bridgehead atoms. The summed E-state index contributed by atoms with van der Waals surface area (Å²) in [6.45, 7) is 2.49. The van der Waals surface area contributed by atoms with Crippen LogP contribution in [0.3, 0.4) is 0 Å². The lowest BCUT2D eigenvalue weighted by Crippen LogP contribution is -2.59. The zero-order valence-corrected chi connectivity index (χ0v) is 15.3. The molecule has 4 heterocycles. The Kier molecular flexibility index (Phi) is 4.12. The minimum Gasteiger partial charge on any atom is -0.348 e. The van der Waals surface area contributed by atoms with E-state index in [-0.39, 0.29) is 11.9 Å². The number of aromatic nitrogens is 2. The van der Waals surface area contributed by atoms with Crippen LogP contribution in [0.4, 0.5) is 0 Å². The Morgan fingerprint density at radius 1 is 1.32 bits per heavy atom. The number of imidazole rings is 1. The largest absolute Gasteiger partial charge is 0.348 e. The SMILES string of the molecule is CS(=O)(=O)N1CCc2[nH]cnc2C12CCN(C(=O)[C@H]1CCCN1)CC2. The molecule has 3 aliphatic heterocycles. The van der Waals surface area contributed by atoms with Gasteiger partial charge < -0.3 is 15.2 Å². The number of nitrogens with one attached hydrogen (secondary N) is 2. The molecule has 9 heteroatoms. The number of piperidine rings is 1. The van der Waals surface area contributed by atoms with E-state index in [2.05, 4.69) is 15.3 Å². The molecule has 25 heavy (non-hydrogen) atoms. The molecule has 2 saturated heterocycles. The number of sulfonamides is 1. The molecule has 2 fully saturated rings. The van der Waals surface area contributed by atoms with E-state index in [1.54, 1.807) is 10.6 Å². The fourth-order valence-corrected chi connectivity index (χ4v) is 5.97. The summed E-state index contributed by atoms with van der Waals surface area (Å²) in [5.41, 5.74) is 1.24. The van der Waals surface area contributed by atoms with E-state index in [1.165, 1.54) is 6.26 Å². The van der Waals surface area contributed by atoms with Crippen molar-refractivity contribution in [2.45, 2.75) is 43.7 Å². The lowest BCUT2D eigenvalue weighted by molar-refractivity contribution is -0.135. The number of nitrogens with zero attached hydrogens (tertiary/aromatic N) is 3. The number of amides is 1. The minimum atomic E-state index is -3.34. The standard InChI is InChI=1S/C16H25N5O3S/c1-25(23,24)21-8-4-12-14(19-11-18-12)16(21)5-9-20(10-6-16)15(22)13-3-2-7-17-13/h11,13,17H,2-10H2,1H3,(H,18,19)/t13-/m1/s1.